The molecule has 3 aromatic rings. The van der Waals surface area contributed by atoms with E-state index < -0.39 is 0 Å². The summed E-state index contributed by atoms with van der Waals surface area (Å²) in [7, 11) is 0. The summed E-state index contributed by atoms with van der Waals surface area (Å²) in [6.07, 6.45) is 0.600. The highest BCUT2D eigenvalue weighted by Crippen LogP contribution is 2.20. The van der Waals surface area contributed by atoms with Gasteiger partial charge in [-0.15, -0.1) is 0 Å². The zero-order chi connectivity index (χ0) is 18.5. The molecule has 0 aliphatic carbocycles. The number of rotatable bonds is 6. The number of nitrogens with one attached hydrogen (secondary N) is 3. The Labute approximate surface area is 160 Å². The molecule has 1 heterocycles. The van der Waals surface area contributed by atoms with Crippen molar-refractivity contribution in [3.63, 3.8) is 0 Å². The van der Waals surface area contributed by atoms with E-state index in [0.29, 0.717) is 40.8 Å². The van der Waals surface area contributed by atoms with Crippen LogP contribution in [0.25, 0.3) is 10.9 Å². The molecule has 3 rings (SSSR count). The molecule has 0 radical (unpaired) electrons. The van der Waals surface area contributed by atoms with Crippen molar-refractivity contribution in [2.75, 3.05) is 13.1 Å². The summed E-state index contributed by atoms with van der Waals surface area (Å²) in [6, 6.07) is 14.2. The first-order valence-corrected chi connectivity index (χ1v) is 8.89. The van der Waals surface area contributed by atoms with Crippen molar-refractivity contribution in [3.05, 3.63) is 69.8 Å². The SMILES string of the molecule is O=C(NCCCNC(=O)c1ccc(Cl)cc1Cl)c1cc2ccccc2[nH]1. The minimum atomic E-state index is -0.270. The minimum absolute atomic E-state index is 0.173. The number of hydrogen-bond acceptors (Lipinski definition) is 2. The summed E-state index contributed by atoms with van der Waals surface area (Å²) in [5.74, 6) is -0.443. The van der Waals surface area contributed by atoms with Gasteiger partial charge in [0, 0.05) is 29.0 Å². The Morgan fingerprint density at radius 3 is 2.38 bits per heavy atom. The van der Waals surface area contributed by atoms with Gasteiger partial charge < -0.3 is 15.6 Å². The lowest BCUT2D eigenvalue weighted by Crippen LogP contribution is -2.30. The van der Waals surface area contributed by atoms with Crippen LogP contribution in [0, 0.1) is 0 Å². The summed E-state index contributed by atoms with van der Waals surface area (Å²) in [5, 5.41) is 7.37. The Kier molecular flexibility index (Phi) is 5.81. The van der Waals surface area contributed by atoms with Gasteiger partial charge in [0.15, 0.2) is 0 Å². The number of benzene rings is 2. The summed E-state index contributed by atoms with van der Waals surface area (Å²) < 4.78 is 0. The van der Waals surface area contributed by atoms with Crippen LogP contribution >= 0.6 is 23.2 Å². The van der Waals surface area contributed by atoms with Gasteiger partial charge in [0.05, 0.1) is 10.6 Å². The molecule has 1 aromatic heterocycles. The van der Waals surface area contributed by atoms with Crippen molar-refractivity contribution in [3.8, 4) is 0 Å². The molecule has 0 bridgehead atoms. The number of halogens is 2. The van der Waals surface area contributed by atoms with Crippen molar-refractivity contribution in [2.45, 2.75) is 6.42 Å². The van der Waals surface area contributed by atoms with Crippen LogP contribution in [0.4, 0.5) is 0 Å². The van der Waals surface area contributed by atoms with E-state index in [1.54, 1.807) is 12.1 Å². The van der Waals surface area contributed by atoms with Crippen LogP contribution in [0.2, 0.25) is 10.0 Å². The van der Waals surface area contributed by atoms with Crippen molar-refractivity contribution < 1.29 is 9.59 Å². The molecule has 2 amide bonds. The molecule has 0 unspecified atom stereocenters. The third-order valence-corrected chi connectivity index (χ3v) is 4.42. The van der Waals surface area contributed by atoms with Crippen LogP contribution in [-0.4, -0.2) is 29.9 Å². The molecule has 7 heteroatoms. The summed E-state index contributed by atoms with van der Waals surface area (Å²) in [6.45, 7) is 0.869. The second-order valence-corrected chi connectivity index (χ2v) is 6.60. The molecule has 2 aromatic carbocycles. The average Bonchev–Trinajstić information content (AvgIpc) is 3.05. The molecule has 134 valence electrons. The molecule has 0 spiro atoms. The number of aromatic nitrogens is 1. The highest BCUT2D eigenvalue weighted by molar-refractivity contribution is 6.36. The average molecular weight is 390 g/mol. The van der Waals surface area contributed by atoms with E-state index >= 15 is 0 Å². The van der Waals surface area contributed by atoms with Crippen molar-refractivity contribution >= 4 is 45.9 Å². The first-order chi connectivity index (χ1) is 12.5. The van der Waals surface area contributed by atoms with Gasteiger partial charge in [-0.25, -0.2) is 0 Å². The monoisotopic (exact) mass is 389 g/mol. The van der Waals surface area contributed by atoms with Crippen LogP contribution in [0.15, 0.2) is 48.5 Å². The number of H-pyrrole nitrogens is 1. The van der Waals surface area contributed by atoms with Gasteiger partial charge in [0.1, 0.15) is 5.69 Å². The third kappa shape index (κ3) is 4.36. The summed E-state index contributed by atoms with van der Waals surface area (Å²) in [4.78, 5) is 27.3. The van der Waals surface area contributed by atoms with Crippen LogP contribution in [0.5, 0.6) is 0 Å². The van der Waals surface area contributed by atoms with E-state index in [-0.39, 0.29) is 11.8 Å². The van der Waals surface area contributed by atoms with Crippen LogP contribution < -0.4 is 10.6 Å². The second-order valence-electron chi connectivity index (χ2n) is 5.76. The molecule has 0 aliphatic rings. The maximum atomic E-state index is 12.1. The minimum Gasteiger partial charge on any atom is -0.352 e. The van der Waals surface area contributed by atoms with Gasteiger partial charge >= 0.3 is 0 Å². The Hall–Kier alpha value is -2.50. The number of carbonyl (C=O) groups is 2. The fourth-order valence-corrected chi connectivity index (χ4v) is 3.05. The van der Waals surface area contributed by atoms with Crippen molar-refractivity contribution in [2.24, 2.45) is 0 Å². The number of amides is 2. The fourth-order valence-electron chi connectivity index (χ4n) is 2.55. The zero-order valence-electron chi connectivity index (χ0n) is 13.8. The summed E-state index contributed by atoms with van der Waals surface area (Å²) in [5.41, 5.74) is 1.81. The number of aromatic amines is 1. The van der Waals surface area contributed by atoms with Crippen LogP contribution in [0.1, 0.15) is 27.3 Å². The standard InChI is InChI=1S/C19H17Cl2N3O2/c20-13-6-7-14(15(21)11-13)18(25)22-8-3-9-23-19(26)17-10-12-4-1-2-5-16(12)24-17/h1-2,4-7,10-11,24H,3,8-9H2,(H,22,25)(H,23,26). The predicted molar refractivity (Wildman–Crippen MR) is 104 cm³/mol. The Bertz CT molecular complexity index is 920. The largest absolute Gasteiger partial charge is 0.352 e. The molecule has 3 N–H and O–H groups in total. The molecule has 0 aliphatic heterocycles. The lowest BCUT2D eigenvalue weighted by atomic mass is 10.2. The smallest absolute Gasteiger partial charge is 0.267 e. The molecule has 0 saturated heterocycles. The molecule has 0 saturated carbocycles. The van der Waals surface area contributed by atoms with E-state index in [0.717, 1.165) is 10.9 Å². The van der Waals surface area contributed by atoms with E-state index in [1.165, 1.54) is 6.07 Å². The van der Waals surface area contributed by atoms with Gasteiger partial charge in [-0.05, 0) is 36.8 Å². The number of fused-ring (bicyclic) bond motifs is 1. The topological polar surface area (TPSA) is 74.0 Å². The zero-order valence-corrected chi connectivity index (χ0v) is 15.3. The normalized spacial score (nSPS) is 10.7. The van der Waals surface area contributed by atoms with Gasteiger partial charge in [0.25, 0.3) is 11.8 Å². The Balaban J connectivity index is 1.43. The summed E-state index contributed by atoms with van der Waals surface area (Å²) >= 11 is 11.8. The van der Waals surface area contributed by atoms with Crippen LogP contribution in [0.3, 0.4) is 0 Å². The fraction of sp³-hybridized carbons (Fsp3) is 0.158. The Morgan fingerprint density at radius 1 is 0.923 bits per heavy atom. The highest BCUT2D eigenvalue weighted by atomic mass is 35.5. The molecular weight excluding hydrogens is 373 g/mol. The molecule has 26 heavy (non-hydrogen) atoms. The maximum Gasteiger partial charge on any atom is 0.267 e. The molecule has 5 nitrogen and oxygen atoms in total. The number of hydrogen-bond donors (Lipinski definition) is 3. The van der Waals surface area contributed by atoms with Gasteiger partial charge in [-0.1, -0.05) is 41.4 Å². The van der Waals surface area contributed by atoms with Crippen LogP contribution in [-0.2, 0) is 0 Å². The lowest BCUT2D eigenvalue weighted by Gasteiger charge is -2.07. The van der Waals surface area contributed by atoms with E-state index in [1.807, 2.05) is 30.3 Å². The predicted octanol–water partition coefficient (Wildman–Crippen LogP) is 4.02. The number of para-hydroxylation sites is 1. The van der Waals surface area contributed by atoms with E-state index in [2.05, 4.69) is 15.6 Å². The van der Waals surface area contributed by atoms with Gasteiger partial charge in [-0.2, -0.15) is 0 Å². The first-order valence-electron chi connectivity index (χ1n) is 8.14. The van der Waals surface area contributed by atoms with E-state index in [4.69, 9.17) is 23.2 Å². The van der Waals surface area contributed by atoms with Crippen molar-refractivity contribution in [1.82, 2.24) is 15.6 Å². The number of carbonyl (C=O) groups excluding carboxylic acids is 2. The maximum absolute atomic E-state index is 12.1. The second kappa shape index (κ2) is 8.25. The molecule has 0 fully saturated rings. The lowest BCUT2D eigenvalue weighted by molar-refractivity contribution is 0.0948. The third-order valence-electron chi connectivity index (χ3n) is 3.88. The highest BCUT2D eigenvalue weighted by Gasteiger charge is 2.11. The quantitative estimate of drug-likeness (QED) is 0.556. The van der Waals surface area contributed by atoms with E-state index in [9.17, 15) is 9.59 Å². The van der Waals surface area contributed by atoms with Crippen molar-refractivity contribution in [1.29, 1.82) is 0 Å². The molecular formula is C19H17Cl2N3O2. The Morgan fingerprint density at radius 2 is 1.65 bits per heavy atom. The van der Waals surface area contributed by atoms with Gasteiger partial charge in [-0.3, -0.25) is 9.59 Å². The first kappa shape index (κ1) is 18.3. The van der Waals surface area contributed by atoms with Gasteiger partial charge in [0.2, 0.25) is 0 Å². The molecule has 0 atom stereocenters.